The topological polar surface area (TPSA) is 83.0 Å². The molecule has 1 aromatic heterocycles. The fraction of sp³-hybridized carbons (Fsp3) is 0.526. The van der Waals surface area contributed by atoms with Gasteiger partial charge in [0.1, 0.15) is 36.5 Å². The highest BCUT2D eigenvalue weighted by Crippen LogP contribution is 2.51. The Morgan fingerprint density at radius 3 is 2.82 bits per heavy atom. The molecule has 2 bridgehead atoms. The van der Waals surface area contributed by atoms with Crippen LogP contribution in [-0.2, 0) is 0 Å². The zero-order valence-corrected chi connectivity index (χ0v) is 27.4. The highest BCUT2D eigenvalue weighted by Gasteiger charge is 2.50. The van der Waals surface area contributed by atoms with E-state index in [-0.39, 0.29) is 64.7 Å². The lowest BCUT2D eigenvalue weighted by Crippen LogP contribution is -2.50. The molecule has 5 fully saturated rings. The number of hydrogen-bond acceptors (Lipinski definition) is 8. The first-order chi connectivity index (χ1) is 23.9. The second-order valence-electron chi connectivity index (χ2n) is 15.4. The summed E-state index contributed by atoms with van der Waals surface area (Å²) in [5, 5.41) is 16.1. The Balaban J connectivity index is 1.19. The molecule has 6 heterocycles. The van der Waals surface area contributed by atoms with Crippen LogP contribution in [0.2, 0.25) is 0 Å². The standard InChI is InChI=1S/C38H40F3N5O3/c39-24-13-38(9-2-10-45(38)17-24)19-49-37-43-34-31-35(48-18-28-23-6-5-20(14-42-15-23)16-46(28)36(31)44-37)33(41)30(32(34)40)27-12-25(47)11-22-3-1-4-26(29(22)27)21-7-8-21/h1,3-4,11-12,20-21,23-24,28,42,47H,2,5-10,13-19H2/t20?,23?,24-,28?,38+/m1/s1. The highest BCUT2D eigenvalue weighted by atomic mass is 19.1. The number of hydrogen-bond donors (Lipinski definition) is 2. The van der Waals surface area contributed by atoms with Crippen LogP contribution < -0.4 is 19.7 Å². The average Bonchev–Trinajstić information content (AvgIpc) is 3.87. The molecule has 10 rings (SSSR count). The molecule has 0 radical (unpaired) electrons. The van der Waals surface area contributed by atoms with E-state index in [1.807, 2.05) is 18.2 Å². The van der Waals surface area contributed by atoms with Gasteiger partial charge in [0, 0.05) is 26.1 Å². The maximum Gasteiger partial charge on any atom is 0.319 e. The van der Waals surface area contributed by atoms with Crippen LogP contribution in [0.25, 0.3) is 32.8 Å². The summed E-state index contributed by atoms with van der Waals surface area (Å²) in [4.78, 5) is 14.0. The first-order valence-electron chi connectivity index (χ1n) is 18.0. The van der Waals surface area contributed by atoms with E-state index in [2.05, 4.69) is 20.1 Å². The zero-order chi connectivity index (χ0) is 33.0. The second-order valence-corrected chi connectivity index (χ2v) is 15.4. The zero-order valence-electron chi connectivity index (χ0n) is 27.4. The molecule has 5 aliphatic heterocycles. The van der Waals surface area contributed by atoms with Crippen LogP contribution in [0.3, 0.4) is 0 Å². The van der Waals surface area contributed by atoms with Crippen molar-refractivity contribution in [1.82, 2.24) is 20.2 Å². The van der Waals surface area contributed by atoms with Crippen molar-refractivity contribution in [3.05, 3.63) is 47.5 Å². The van der Waals surface area contributed by atoms with Crippen molar-refractivity contribution in [2.45, 2.75) is 68.6 Å². The number of alkyl halides is 1. The summed E-state index contributed by atoms with van der Waals surface area (Å²) in [7, 11) is 0. The van der Waals surface area contributed by atoms with E-state index in [1.54, 1.807) is 6.07 Å². The van der Waals surface area contributed by atoms with Crippen LogP contribution in [0.5, 0.6) is 17.5 Å². The van der Waals surface area contributed by atoms with Crippen molar-refractivity contribution in [3.63, 3.8) is 0 Å². The fourth-order valence-electron chi connectivity index (χ4n) is 9.82. The SMILES string of the molecule is Oc1cc(-c2c(F)c3c4c(nc(OC[C@@]56CCCN5C[C@H](F)C6)nc4c2F)N2CC4CCC(CNC4)C2CO3)c2c(C3CC3)cccc2c1. The smallest absolute Gasteiger partial charge is 0.319 e. The lowest BCUT2D eigenvalue weighted by Gasteiger charge is -2.37. The predicted molar refractivity (Wildman–Crippen MR) is 180 cm³/mol. The Bertz CT molecular complexity index is 2010. The Hall–Kier alpha value is -3.83. The summed E-state index contributed by atoms with van der Waals surface area (Å²) in [6, 6.07) is 8.78. The molecule has 0 spiro atoms. The van der Waals surface area contributed by atoms with Gasteiger partial charge in [0.05, 0.1) is 22.5 Å². The molecule has 3 unspecified atom stereocenters. The summed E-state index contributed by atoms with van der Waals surface area (Å²) >= 11 is 0. The summed E-state index contributed by atoms with van der Waals surface area (Å²) in [5.41, 5.74) is 0.495. The van der Waals surface area contributed by atoms with Gasteiger partial charge in [-0.15, -0.1) is 0 Å². The summed E-state index contributed by atoms with van der Waals surface area (Å²) in [6.45, 7) is 3.94. The van der Waals surface area contributed by atoms with Crippen LogP contribution in [0.15, 0.2) is 30.3 Å². The number of phenolic OH excluding ortho intramolecular Hbond substituents is 1. The van der Waals surface area contributed by atoms with Gasteiger partial charge in [-0.05, 0) is 103 Å². The highest BCUT2D eigenvalue weighted by molar-refractivity contribution is 6.05. The van der Waals surface area contributed by atoms with E-state index in [9.17, 15) is 9.50 Å². The first kappa shape index (κ1) is 30.0. The minimum absolute atomic E-state index is 0.000981. The molecular formula is C38H40F3N5O3. The number of aromatic nitrogens is 2. The minimum atomic E-state index is -0.919. The van der Waals surface area contributed by atoms with Gasteiger partial charge in [-0.25, -0.2) is 13.2 Å². The Morgan fingerprint density at radius 1 is 1.04 bits per heavy atom. The predicted octanol–water partition coefficient (Wildman–Crippen LogP) is 6.46. The first-order valence-corrected chi connectivity index (χ1v) is 18.0. The van der Waals surface area contributed by atoms with Gasteiger partial charge in [-0.3, -0.25) is 4.90 Å². The molecule has 256 valence electrons. The monoisotopic (exact) mass is 671 g/mol. The molecule has 49 heavy (non-hydrogen) atoms. The molecule has 8 nitrogen and oxygen atoms in total. The van der Waals surface area contributed by atoms with Crippen LogP contribution >= 0.6 is 0 Å². The van der Waals surface area contributed by atoms with Gasteiger partial charge in [0.2, 0.25) is 0 Å². The van der Waals surface area contributed by atoms with Crippen LogP contribution in [0.4, 0.5) is 19.0 Å². The molecule has 1 aliphatic carbocycles. The lowest BCUT2D eigenvalue weighted by atomic mass is 9.91. The Labute approximate surface area is 282 Å². The number of halogens is 3. The number of nitrogens with zero attached hydrogens (tertiary/aromatic N) is 4. The normalized spacial score (nSPS) is 29.4. The maximum absolute atomic E-state index is 17.4. The van der Waals surface area contributed by atoms with E-state index in [0.717, 1.165) is 69.1 Å². The number of nitrogens with one attached hydrogen (secondary N) is 1. The number of phenols is 1. The quantitative estimate of drug-likeness (QED) is 0.250. The summed E-state index contributed by atoms with van der Waals surface area (Å²) in [5.74, 6) is -0.518. The number of benzene rings is 3. The number of rotatable bonds is 5. The average molecular weight is 672 g/mol. The molecule has 0 amide bonds. The molecule has 3 aromatic carbocycles. The van der Waals surface area contributed by atoms with Crippen molar-refractivity contribution in [2.24, 2.45) is 11.8 Å². The lowest BCUT2D eigenvalue weighted by molar-refractivity contribution is 0.107. The van der Waals surface area contributed by atoms with E-state index < -0.39 is 23.3 Å². The molecule has 4 saturated heterocycles. The third kappa shape index (κ3) is 4.71. The molecule has 1 saturated carbocycles. The van der Waals surface area contributed by atoms with Crippen LogP contribution in [-0.4, -0.2) is 83.7 Å². The largest absolute Gasteiger partial charge is 0.508 e. The summed E-state index contributed by atoms with van der Waals surface area (Å²) in [6.07, 6.45) is 5.30. The van der Waals surface area contributed by atoms with Crippen molar-refractivity contribution in [3.8, 4) is 28.6 Å². The summed E-state index contributed by atoms with van der Waals surface area (Å²) < 4.78 is 62.0. The van der Waals surface area contributed by atoms with E-state index in [1.165, 1.54) is 6.07 Å². The molecule has 11 heteroatoms. The minimum Gasteiger partial charge on any atom is -0.508 e. The van der Waals surface area contributed by atoms with Gasteiger partial charge < -0.3 is 24.8 Å². The molecule has 4 aromatic rings. The number of anilines is 1. The van der Waals surface area contributed by atoms with Crippen molar-refractivity contribution in [2.75, 3.05) is 50.8 Å². The van der Waals surface area contributed by atoms with E-state index in [4.69, 9.17) is 14.5 Å². The van der Waals surface area contributed by atoms with Gasteiger partial charge >= 0.3 is 6.01 Å². The molecule has 6 aliphatic rings. The van der Waals surface area contributed by atoms with Crippen molar-refractivity contribution in [1.29, 1.82) is 0 Å². The van der Waals surface area contributed by atoms with Crippen molar-refractivity contribution >= 4 is 27.5 Å². The van der Waals surface area contributed by atoms with Gasteiger partial charge in [0.25, 0.3) is 0 Å². The van der Waals surface area contributed by atoms with E-state index >= 15 is 8.78 Å². The van der Waals surface area contributed by atoms with Gasteiger partial charge in [-0.1, -0.05) is 18.2 Å². The van der Waals surface area contributed by atoms with Crippen LogP contribution in [0.1, 0.15) is 56.4 Å². The number of ether oxygens (including phenoxy) is 2. The third-order valence-electron chi connectivity index (χ3n) is 12.3. The fourth-order valence-corrected chi connectivity index (χ4v) is 9.82. The molecule has 5 atom stereocenters. The number of aromatic hydroxyl groups is 1. The van der Waals surface area contributed by atoms with Gasteiger partial charge in [-0.2, -0.15) is 9.97 Å². The second kappa shape index (κ2) is 11.1. The van der Waals surface area contributed by atoms with Crippen molar-refractivity contribution < 1.29 is 27.8 Å². The molecular weight excluding hydrogens is 631 g/mol. The van der Waals surface area contributed by atoms with Crippen LogP contribution in [0, 0.1) is 23.5 Å². The molecule has 2 N–H and O–H groups in total. The Kier molecular flexibility index (Phi) is 6.79. The van der Waals surface area contributed by atoms with E-state index in [0.29, 0.717) is 42.6 Å². The number of fused-ring (bicyclic) bond motifs is 8. The third-order valence-corrected chi connectivity index (χ3v) is 12.3. The Morgan fingerprint density at radius 2 is 1.94 bits per heavy atom. The van der Waals surface area contributed by atoms with Gasteiger partial charge in [0.15, 0.2) is 17.4 Å². The maximum atomic E-state index is 17.4.